The largest absolute Gasteiger partial charge is 0.416 e. The smallest absolute Gasteiger partial charge is 0.357 e. The third-order valence-electron chi connectivity index (χ3n) is 7.23. The number of likely N-dealkylation sites (N-methyl/N-ethyl adjacent to an activating group) is 1. The first-order valence-electron chi connectivity index (χ1n) is 12.9. The molecule has 4 aromatic rings. The highest BCUT2D eigenvalue weighted by molar-refractivity contribution is 5.95. The molecule has 1 fully saturated rings. The average molecular weight is 559 g/mol. The van der Waals surface area contributed by atoms with Crippen LogP contribution in [0, 0.1) is 11.3 Å². The molecule has 0 aliphatic heterocycles. The number of nitrogens with one attached hydrogen (secondary N) is 2. The molecule has 11 heteroatoms. The maximum absolute atomic E-state index is 13.7. The highest BCUT2D eigenvalue weighted by Gasteiger charge is 2.55. The Morgan fingerprint density at radius 3 is 2.24 bits per heavy atom. The summed E-state index contributed by atoms with van der Waals surface area (Å²) < 4.78 is 42.5. The topological polar surface area (TPSA) is 113 Å². The fourth-order valence-electron chi connectivity index (χ4n) is 4.84. The summed E-state index contributed by atoms with van der Waals surface area (Å²) in [4.78, 5) is 26.0. The summed E-state index contributed by atoms with van der Waals surface area (Å²) in [7, 11) is 1.42. The van der Waals surface area contributed by atoms with Gasteiger partial charge in [0, 0.05) is 13.5 Å². The number of amides is 2. The lowest BCUT2D eigenvalue weighted by atomic mass is 9.89. The van der Waals surface area contributed by atoms with E-state index in [1.54, 1.807) is 18.3 Å². The first-order chi connectivity index (χ1) is 19.6. The van der Waals surface area contributed by atoms with E-state index in [4.69, 9.17) is 5.26 Å². The maximum atomic E-state index is 13.7. The fourth-order valence-corrected chi connectivity index (χ4v) is 4.84. The monoisotopic (exact) mass is 558 g/mol. The molecule has 1 aromatic heterocycles. The second-order valence-electron chi connectivity index (χ2n) is 9.86. The van der Waals surface area contributed by atoms with Crippen LogP contribution in [-0.2, 0) is 27.6 Å². The molecule has 3 aromatic carbocycles. The van der Waals surface area contributed by atoms with Crippen LogP contribution in [0.2, 0.25) is 0 Å². The predicted molar refractivity (Wildman–Crippen MR) is 144 cm³/mol. The summed E-state index contributed by atoms with van der Waals surface area (Å²) in [6.07, 6.45) is -2.48. The molecule has 1 heterocycles. The molecular weight excluding hydrogens is 533 g/mol. The average Bonchev–Trinajstić information content (AvgIpc) is 3.68. The van der Waals surface area contributed by atoms with Crippen LogP contribution < -0.4 is 10.6 Å². The summed E-state index contributed by atoms with van der Waals surface area (Å²) in [5.74, 6) is -1.13. The number of hydrogen-bond donors (Lipinski definition) is 2. The molecule has 0 bridgehead atoms. The molecule has 1 aliphatic carbocycles. The lowest BCUT2D eigenvalue weighted by Crippen LogP contribution is -2.50. The summed E-state index contributed by atoms with van der Waals surface area (Å²) in [5.41, 5.74) is 1.32. The highest BCUT2D eigenvalue weighted by Crippen LogP contribution is 2.52. The van der Waals surface area contributed by atoms with Gasteiger partial charge >= 0.3 is 6.18 Å². The van der Waals surface area contributed by atoms with Crippen LogP contribution in [0.4, 0.5) is 13.2 Å². The number of carbonyl (C=O) groups excluding carboxylic acids is 2. The Hall–Kier alpha value is -4.98. The van der Waals surface area contributed by atoms with E-state index in [0.717, 1.165) is 17.2 Å². The summed E-state index contributed by atoms with van der Waals surface area (Å²) in [6, 6.07) is 20.8. The lowest BCUT2D eigenvalue weighted by molar-refractivity contribution is -0.139. The highest BCUT2D eigenvalue weighted by atomic mass is 19.4. The van der Waals surface area contributed by atoms with Gasteiger partial charge in [0.2, 0.25) is 11.8 Å². The van der Waals surface area contributed by atoms with Gasteiger partial charge in [0.05, 0.1) is 40.2 Å². The Kier molecular flexibility index (Phi) is 7.32. The number of nitriles is 1. The van der Waals surface area contributed by atoms with Crippen LogP contribution in [-0.4, -0.2) is 39.9 Å². The first kappa shape index (κ1) is 27.6. The van der Waals surface area contributed by atoms with Crippen LogP contribution in [0.3, 0.4) is 0 Å². The van der Waals surface area contributed by atoms with E-state index in [9.17, 15) is 22.8 Å². The molecule has 208 valence electrons. The van der Waals surface area contributed by atoms with Crippen LogP contribution >= 0.6 is 0 Å². The van der Waals surface area contributed by atoms with Gasteiger partial charge in [0.1, 0.15) is 6.04 Å². The lowest BCUT2D eigenvalue weighted by Gasteiger charge is -2.23. The van der Waals surface area contributed by atoms with Crippen molar-refractivity contribution in [3.63, 3.8) is 0 Å². The maximum Gasteiger partial charge on any atom is 0.416 e. The van der Waals surface area contributed by atoms with Crippen molar-refractivity contribution < 1.29 is 22.8 Å². The standard InChI is InChI=1S/C30H25F3N6O2/c1-35-27(40)26(36-28(41)29(14-15-29)24-4-2-3-5-25(24)30(31,32)33)16-22-18-39(38-37-22)23-12-10-21(11-13-23)20-8-6-19(17-34)7-9-20/h2-13,18,26H,14-16H2,1H3,(H,35,40)(H,36,41). The summed E-state index contributed by atoms with van der Waals surface area (Å²) >= 11 is 0. The molecular formula is C30H25F3N6O2. The fraction of sp³-hybridized carbons (Fsp3) is 0.233. The molecule has 0 saturated heterocycles. The van der Waals surface area contributed by atoms with Crippen molar-refractivity contribution in [2.75, 3.05) is 7.05 Å². The molecule has 1 saturated carbocycles. The quantitative estimate of drug-likeness (QED) is 0.334. The van der Waals surface area contributed by atoms with Gasteiger partial charge in [-0.05, 0) is 59.9 Å². The van der Waals surface area contributed by atoms with Gasteiger partial charge in [-0.3, -0.25) is 9.59 Å². The molecule has 0 spiro atoms. The minimum absolute atomic E-state index is 0.00820. The van der Waals surface area contributed by atoms with E-state index in [0.29, 0.717) is 16.9 Å². The van der Waals surface area contributed by atoms with Gasteiger partial charge in [-0.25, -0.2) is 4.68 Å². The molecule has 2 N–H and O–H groups in total. The van der Waals surface area contributed by atoms with Crippen molar-refractivity contribution in [3.05, 3.63) is 101 Å². The van der Waals surface area contributed by atoms with Gasteiger partial charge in [0.25, 0.3) is 0 Å². The number of hydrogen-bond acceptors (Lipinski definition) is 5. The second-order valence-corrected chi connectivity index (χ2v) is 9.86. The number of nitrogens with zero attached hydrogens (tertiary/aromatic N) is 4. The van der Waals surface area contributed by atoms with Gasteiger partial charge in [0.15, 0.2) is 0 Å². The normalized spacial score (nSPS) is 14.5. The summed E-state index contributed by atoms with van der Waals surface area (Å²) in [6.45, 7) is 0. The van der Waals surface area contributed by atoms with Crippen molar-refractivity contribution in [1.82, 2.24) is 25.6 Å². The summed E-state index contributed by atoms with van der Waals surface area (Å²) in [5, 5.41) is 22.4. The third kappa shape index (κ3) is 5.68. The van der Waals surface area contributed by atoms with Crippen LogP contribution in [0.1, 0.15) is 35.2 Å². The van der Waals surface area contributed by atoms with E-state index < -0.39 is 35.0 Å². The number of carbonyl (C=O) groups is 2. The molecule has 0 radical (unpaired) electrons. The Morgan fingerprint density at radius 1 is 1.02 bits per heavy atom. The Balaban J connectivity index is 1.31. The zero-order chi connectivity index (χ0) is 29.2. The van der Waals surface area contributed by atoms with Gasteiger partial charge in [-0.2, -0.15) is 18.4 Å². The van der Waals surface area contributed by atoms with E-state index >= 15 is 0 Å². The number of aromatic nitrogens is 3. The number of halogens is 3. The number of alkyl halides is 3. The Morgan fingerprint density at radius 2 is 1.66 bits per heavy atom. The van der Waals surface area contributed by atoms with E-state index in [1.807, 2.05) is 36.4 Å². The second kappa shape index (κ2) is 10.9. The minimum atomic E-state index is -4.61. The van der Waals surface area contributed by atoms with Crippen LogP contribution in [0.15, 0.2) is 79.0 Å². The van der Waals surface area contributed by atoms with E-state index in [1.165, 1.54) is 29.9 Å². The minimum Gasteiger partial charge on any atom is -0.357 e. The third-order valence-corrected chi connectivity index (χ3v) is 7.23. The van der Waals surface area contributed by atoms with Gasteiger partial charge in [-0.1, -0.05) is 47.7 Å². The zero-order valence-corrected chi connectivity index (χ0v) is 21.9. The number of benzene rings is 3. The molecule has 5 rings (SSSR count). The molecule has 1 atom stereocenters. The Bertz CT molecular complexity index is 1620. The SMILES string of the molecule is CNC(=O)C(Cc1cn(-c2ccc(-c3ccc(C#N)cc3)cc2)nn1)NC(=O)C1(c2ccccc2C(F)(F)F)CC1. The van der Waals surface area contributed by atoms with Crippen molar-refractivity contribution in [2.24, 2.45) is 0 Å². The zero-order valence-electron chi connectivity index (χ0n) is 21.9. The first-order valence-corrected chi connectivity index (χ1v) is 12.9. The molecule has 41 heavy (non-hydrogen) atoms. The van der Waals surface area contributed by atoms with Crippen molar-refractivity contribution >= 4 is 11.8 Å². The van der Waals surface area contributed by atoms with E-state index in [2.05, 4.69) is 27.0 Å². The number of rotatable bonds is 8. The van der Waals surface area contributed by atoms with Crippen LogP contribution in [0.5, 0.6) is 0 Å². The predicted octanol–water partition coefficient (Wildman–Crippen LogP) is 4.33. The van der Waals surface area contributed by atoms with Gasteiger partial charge < -0.3 is 10.6 Å². The van der Waals surface area contributed by atoms with Gasteiger partial charge in [-0.15, -0.1) is 5.10 Å². The van der Waals surface area contributed by atoms with E-state index in [-0.39, 0.29) is 24.8 Å². The molecule has 1 unspecified atom stereocenters. The van der Waals surface area contributed by atoms with Crippen molar-refractivity contribution in [3.8, 4) is 22.9 Å². The molecule has 2 amide bonds. The molecule has 8 nitrogen and oxygen atoms in total. The Labute approximate surface area is 233 Å². The van der Waals surface area contributed by atoms with Crippen molar-refractivity contribution in [2.45, 2.75) is 36.9 Å². The van der Waals surface area contributed by atoms with Crippen LogP contribution in [0.25, 0.3) is 16.8 Å². The molecule has 1 aliphatic rings. The van der Waals surface area contributed by atoms with Crippen molar-refractivity contribution in [1.29, 1.82) is 5.26 Å².